The Morgan fingerprint density at radius 1 is 1.08 bits per heavy atom. The van der Waals surface area contributed by atoms with E-state index >= 15 is 0 Å². The molecule has 0 N–H and O–H groups in total. The average molecular weight is 358 g/mol. The van der Waals surface area contributed by atoms with Crippen molar-refractivity contribution in [2.24, 2.45) is 0 Å². The maximum absolute atomic E-state index is 12.8. The van der Waals surface area contributed by atoms with Crippen molar-refractivity contribution in [1.82, 2.24) is 4.98 Å². The molecule has 0 spiro atoms. The van der Waals surface area contributed by atoms with Crippen molar-refractivity contribution >= 4 is 11.9 Å². The molecule has 0 aliphatic heterocycles. The first-order valence-corrected chi connectivity index (χ1v) is 8.37. The quantitative estimate of drug-likeness (QED) is 0.795. The Hall–Kier alpha value is -2.76. The van der Waals surface area contributed by atoms with Gasteiger partial charge in [0.05, 0.1) is 20.8 Å². The standard InChI is InChI=1S/C20H26N2O4/c1-14-9-10-21-18(11-14)22(19(23)26-20(2,3)4)13-15-7-8-16(24-5)17(12-15)25-6/h7-12H,13H2,1-6H3. The number of hydrogen-bond acceptors (Lipinski definition) is 5. The summed E-state index contributed by atoms with van der Waals surface area (Å²) in [6.07, 6.45) is 1.22. The Kier molecular flexibility index (Phi) is 6.08. The zero-order valence-corrected chi connectivity index (χ0v) is 16.2. The van der Waals surface area contributed by atoms with E-state index < -0.39 is 11.7 Å². The summed E-state index contributed by atoms with van der Waals surface area (Å²) in [5.41, 5.74) is 1.28. The second-order valence-corrected chi connectivity index (χ2v) is 6.95. The number of pyridine rings is 1. The number of benzene rings is 1. The molecule has 2 rings (SSSR count). The molecule has 0 unspecified atom stereocenters. The summed E-state index contributed by atoms with van der Waals surface area (Å²) in [4.78, 5) is 18.6. The van der Waals surface area contributed by atoms with Crippen molar-refractivity contribution in [2.45, 2.75) is 39.8 Å². The van der Waals surface area contributed by atoms with E-state index in [9.17, 15) is 4.79 Å². The number of aromatic nitrogens is 1. The molecule has 6 heteroatoms. The molecule has 0 atom stereocenters. The molecule has 0 aliphatic carbocycles. The number of carbonyl (C=O) groups excluding carboxylic acids is 1. The predicted octanol–water partition coefficient (Wildman–Crippen LogP) is 4.35. The van der Waals surface area contributed by atoms with Crippen LogP contribution in [0.25, 0.3) is 0 Å². The molecule has 1 amide bonds. The zero-order chi connectivity index (χ0) is 19.3. The number of aryl methyl sites for hydroxylation is 1. The van der Waals surface area contributed by atoms with Crippen LogP contribution in [0, 0.1) is 6.92 Å². The molecule has 2 aromatic rings. The third-order valence-corrected chi connectivity index (χ3v) is 3.58. The zero-order valence-electron chi connectivity index (χ0n) is 16.2. The lowest BCUT2D eigenvalue weighted by Crippen LogP contribution is -2.37. The largest absolute Gasteiger partial charge is 0.493 e. The first-order chi connectivity index (χ1) is 12.2. The molecular formula is C20H26N2O4. The van der Waals surface area contributed by atoms with Crippen LogP contribution in [0.3, 0.4) is 0 Å². The van der Waals surface area contributed by atoms with Crippen LogP contribution in [0.4, 0.5) is 10.6 Å². The first kappa shape index (κ1) is 19.6. The molecule has 1 aromatic carbocycles. The molecule has 6 nitrogen and oxygen atoms in total. The van der Waals surface area contributed by atoms with Gasteiger partial charge in [-0.15, -0.1) is 0 Å². The highest BCUT2D eigenvalue weighted by Gasteiger charge is 2.25. The molecule has 1 aromatic heterocycles. The predicted molar refractivity (Wildman–Crippen MR) is 101 cm³/mol. The lowest BCUT2D eigenvalue weighted by atomic mass is 10.1. The minimum absolute atomic E-state index is 0.297. The van der Waals surface area contributed by atoms with Gasteiger partial charge in [-0.25, -0.2) is 9.78 Å². The van der Waals surface area contributed by atoms with Crippen LogP contribution in [0.1, 0.15) is 31.9 Å². The lowest BCUT2D eigenvalue weighted by Gasteiger charge is -2.27. The van der Waals surface area contributed by atoms with E-state index in [1.807, 2.05) is 58.0 Å². The molecule has 0 radical (unpaired) electrons. The third-order valence-electron chi connectivity index (χ3n) is 3.58. The van der Waals surface area contributed by atoms with Gasteiger partial charge in [0.1, 0.15) is 11.4 Å². The second kappa shape index (κ2) is 8.08. The van der Waals surface area contributed by atoms with E-state index in [1.165, 1.54) is 4.90 Å². The first-order valence-electron chi connectivity index (χ1n) is 8.37. The van der Waals surface area contributed by atoms with Crippen LogP contribution in [-0.4, -0.2) is 30.9 Å². The normalized spacial score (nSPS) is 11.0. The number of carbonyl (C=O) groups is 1. The van der Waals surface area contributed by atoms with E-state index in [-0.39, 0.29) is 0 Å². The van der Waals surface area contributed by atoms with Crippen LogP contribution in [0.5, 0.6) is 11.5 Å². The van der Waals surface area contributed by atoms with Gasteiger partial charge in [-0.1, -0.05) is 6.07 Å². The summed E-state index contributed by atoms with van der Waals surface area (Å²) in [6.45, 7) is 7.76. The number of rotatable bonds is 5. The van der Waals surface area contributed by atoms with Gasteiger partial charge in [0.15, 0.2) is 11.5 Å². The van der Waals surface area contributed by atoms with Crippen LogP contribution in [0.15, 0.2) is 36.5 Å². The topological polar surface area (TPSA) is 60.9 Å². The summed E-state index contributed by atoms with van der Waals surface area (Å²) in [7, 11) is 3.16. The van der Waals surface area contributed by atoms with Crippen molar-refractivity contribution in [3.05, 3.63) is 47.7 Å². The molecule has 0 saturated carbocycles. The Bertz CT molecular complexity index is 769. The molecule has 140 valence electrons. The smallest absolute Gasteiger partial charge is 0.416 e. The number of hydrogen-bond donors (Lipinski definition) is 0. The minimum atomic E-state index is -0.600. The fourth-order valence-electron chi connectivity index (χ4n) is 2.39. The molecule has 0 aliphatic rings. The highest BCUT2D eigenvalue weighted by Crippen LogP contribution is 2.29. The van der Waals surface area contributed by atoms with E-state index in [1.54, 1.807) is 20.4 Å². The number of nitrogens with zero attached hydrogens (tertiary/aromatic N) is 2. The number of anilines is 1. The fourth-order valence-corrected chi connectivity index (χ4v) is 2.39. The highest BCUT2D eigenvalue weighted by molar-refractivity contribution is 5.86. The molecule has 0 bridgehead atoms. The van der Waals surface area contributed by atoms with E-state index in [0.717, 1.165) is 11.1 Å². The molecule has 0 fully saturated rings. The SMILES string of the molecule is COc1ccc(CN(C(=O)OC(C)(C)C)c2cc(C)ccn2)cc1OC. The molecular weight excluding hydrogens is 332 g/mol. The molecule has 1 heterocycles. The number of amides is 1. The van der Waals surface area contributed by atoms with Crippen molar-refractivity contribution in [3.63, 3.8) is 0 Å². The van der Waals surface area contributed by atoms with Gasteiger partial charge >= 0.3 is 6.09 Å². The maximum atomic E-state index is 12.8. The van der Waals surface area contributed by atoms with Crippen molar-refractivity contribution in [1.29, 1.82) is 0 Å². The Labute approximate surface area is 154 Å². The summed E-state index contributed by atoms with van der Waals surface area (Å²) < 4.78 is 16.2. The van der Waals surface area contributed by atoms with Gasteiger partial charge in [-0.3, -0.25) is 4.90 Å². The van der Waals surface area contributed by atoms with Crippen LogP contribution in [-0.2, 0) is 11.3 Å². The monoisotopic (exact) mass is 358 g/mol. The summed E-state index contributed by atoms with van der Waals surface area (Å²) in [5.74, 6) is 1.77. The summed E-state index contributed by atoms with van der Waals surface area (Å²) in [6, 6.07) is 9.27. The van der Waals surface area contributed by atoms with E-state index in [2.05, 4.69) is 4.98 Å². The Morgan fingerprint density at radius 3 is 2.35 bits per heavy atom. The Balaban J connectivity index is 2.36. The highest BCUT2D eigenvalue weighted by atomic mass is 16.6. The molecule has 0 saturated heterocycles. The second-order valence-electron chi connectivity index (χ2n) is 6.95. The number of ether oxygens (including phenoxy) is 3. The fraction of sp³-hybridized carbons (Fsp3) is 0.400. The van der Waals surface area contributed by atoms with Crippen LogP contribution in [0.2, 0.25) is 0 Å². The summed E-state index contributed by atoms with van der Waals surface area (Å²) in [5, 5.41) is 0. The van der Waals surface area contributed by atoms with Gasteiger partial charge in [0, 0.05) is 6.20 Å². The summed E-state index contributed by atoms with van der Waals surface area (Å²) >= 11 is 0. The molecule has 26 heavy (non-hydrogen) atoms. The minimum Gasteiger partial charge on any atom is -0.493 e. The van der Waals surface area contributed by atoms with Crippen LogP contribution >= 0.6 is 0 Å². The average Bonchev–Trinajstić information content (AvgIpc) is 2.57. The lowest BCUT2D eigenvalue weighted by molar-refractivity contribution is 0.0576. The van der Waals surface area contributed by atoms with Crippen molar-refractivity contribution in [2.75, 3.05) is 19.1 Å². The van der Waals surface area contributed by atoms with Gasteiger partial charge < -0.3 is 14.2 Å². The van der Waals surface area contributed by atoms with E-state index in [0.29, 0.717) is 23.9 Å². The van der Waals surface area contributed by atoms with Crippen molar-refractivity contribution < 1.29 is 19.0 Å². The van der Waals surface area contributed by atoms with E-state index in [4.69, 9.17) is 14.2 Å². The van der Waals surface area contributed by atoms with Gasteiger partial charge in [-0.05, 0) is 63.1 Å². The van der Waals surface area contributed by atoms with Gasteiger partial charge in [0.25, 0.3) is 0 Å². The maximum Gasteiger partial charge on any atom is 0.416 e. The van der Waals surface area contributed by atoms with Crippen LogP contribution < -0.4 is 14.4 Å². The van der Waals surface area contributed by atoms with Gasteiger partial charge in [-0.2, -0.15) is 0 Å². The van der Waals surface area contributed by atoms with Crippen molar-refractivity contribution in [3.8, 4) is 11.5 Å². The number of methoxy groups -OCH3 is 2. The third kappa shape index (κ3) is 5.12. The van der Waals surface area contributed by atoms with Gasteiger partial charge in [0.2, 0.25) is 0 Å². The Morgan fingerprint density at radius 2 is 1.77 bits per heavy atom.